The van der Waals surface area contributed by atoms with Crippen molar-refractivity contribution in [3.8, 4) is 5.95 Å². The van der Waals surface area contributed by atoms with Gasteiger partial charge in [-0.15, -0.1) is 0 Å². The van der Waals surface area contributed by atoms with Gasteiger partial charge in [-0.3, -0.25) is 9.36 Å². The van der Waals surface area contributed by atoms with Crippen LogP contribution in [0.1, 0.15) is 36.3 Å². The molecule has 0 fully saturated rings. The number of nitrogens with zero attached hydrogens (tertiary/aromatic N) is 3. The summed E-state index contributed by atoms with van der Waals surface area (Å²) in [4.78, 5) is 20.6. The van der Waals surface area contributed by atoms with Crippen molar-refractivity contribution in [1.82, 2.24) is 14.5 Å². The van der Waals surface area contributed by atoms with Gasteiger partial charge in [-0.05, 0) is 24.0 Å². The van der Waals surface area contributed by atoms with Crippen LogP contribution >= 0.6 is 0 Å². The predicted molar refractivity (Wildman–Crippen MR) is 67.8 cm³/mol. The van der Waals surface area contributed by atoms with Crippen LogP contribution in [0.3, 0.4) is 0 Å². The van der Waals surface area contributed by atoms with Gasteiger partial charge in [0.05, 0.1) is 0 Å². The van der Waals surface area contributed by atoms with E-state index in [0.29, 0.717) is 12.4 Å². The van der Waals surface area contributed by atoms with Crippen LogP contribution in [0.5, 0.6) is 0 Å². The topological polar surface area (TPSA) is 47.8 Å². The van der Waals surface area contributed by atoms with Crippen molar-refractivity contribution < 1.29 is 4.79 Å². The van der Waals surface area contributed by atoms with E-state index in [1.165, 1.54) is 0 Å². The minimum atomic E-state index is 0.00890. The lowest BCUT2D eigenvalue weighted by atomic mass is 9.76. The number of rotatable bonds is 1. The Hall–Kier alpha value is -1.97. The fourth-order valence-electron chi connectivity index (χ4n) is 2.55. The van der Waals surface area contributed by atoms with Crippen LogP contribution in [-0.2, 0) is 6.42 Å². The zero-order valence-electron chi connectivity index (χ0n) is 10.6. The van der Waals surface area contributed by atoms with Crippen molar-refractivity contribution in [2.24, 2.45) is 5.41 Å². The average Bonchev–Trinajstić information content (AvgIpc) is 2.72. The Labute approximate surface area is 106 Å². The molecule has 0 unspecified atom stereocenters. The summed E-state index contributed by atoms with van der Waals surface area (Å²) >= 11 is 0. The Morgan fingerprint density at radius 1 is 1.22 bits per heavy atom. The average molecular weight is 241 g/mol. The van der Waals surface area contributed by atoms with Gasteiger partial charge in [-0.25, -0.2) is 9.97 Å². The third-order valence-electron chi connectivity index (χ3n) is 3.35. The Morgan fingerprint density at radius 2 is 1.94 bits per heavy atom. The third kappa shape index (κ3) is 1.74. The molecule has 2 heterocycles. The van der Waals surface area contributed by atoms with Crippen molar-refractivity contribution in [3.05, 3.63) is 42.0 Å². The molecule has 0 bridgehead atoms. The number of Topliss-reactive ketones (excluding diaryl/α,β-unsaturated/α-hetero) is 1. The third-order valence-corrected chi connectivity index (χ3v) is 3.35. The van der Waals surface area contributed by atoms with Gasteiger partial charge in [0.25, 0.3) is 0 Å². The van der Waals surface area contributed by atoms with E-state index in [-0.39, 0.29) is 11.2 Å². The molecule has 1 aliphatic carbocycles. The molecule has 0 aliphatic heterocycles. The zero-order valence-corrected chi connectivity index (χ0v) is 10.6. The second-order valence-electron chi connectivity index (χ2n) is 5.54. The van der Waals surface area contributed by atoms with Gasteiger partial charge >= 0.3 is 0 Å². The van der Waals surface area contributed by atoms with E-state index in [1.54, 1.807) is 18.5 Å². The van der Waals surface area contributed by atoms with E-state index in [2.05, 4.69) is 23.8 Å². The quantitative estimate of drug-likeness (QED) is 0.770. The first-order valence-electron chi connectivity index (χ1n) is 6.08. The van der Waals surface area contributed by atoms with E-state index in [9.17, 15) is 4.79 Å². The molecule has 92 valence electrons. The molecule has 2 aromatic rings. The molecule has 2 aromatic heterocycles. The van der Waals surface area contributed by atoms with Crippen LogP contribution < -0.4 is 0 Å². The summed E-state index contributed by atoms with van der Waals surface area (Å²) < 4.78 is 1.92. The summed E-state index contributed by atoms with van der Waals surface area (Å²) in [6.45, 7) is 4.24. The lowest BCUT2D eigenvalue weighted by molar-refractivity contribution is 0.0911. The summed E-state index contributed by atoms with van der Waals surface area (Å²) in [6, 6.07) is 3.66. The van der Waals surface area contributed by atoms with Gasteiger partial charge in [0.1, 0.15) is 0 Å². The highest BCUT2D eigenvalue weighted by atomic mass is 16.1. The van der Waals surface area contributed by atoms with Gasteiger partial charge in [-0.1, -0.05) is 13.8 Å². The van der Waals surface area contributed by atoms with E-state index < -0.39 is 0 Å². The lowest BCUT2D eigenvalue weighted by Crippen LogP contribution is -2.28. The number of hydrogen-bond donors (Lipinski definition) is 0. The van der Waals surface area contributed by atoms with Gasteiger partial charge in [0.2, 0.25) is 5.95 Å². The maximum Gasteiger partial charge on any atom is 0.233 e. The summed E-state index contributed by atoms with van der Waals surface area (Å²) in [7, 11) is 0. The van der Waals surface area contributed by atoms with Crippen molar-refractivity contribution in [2.75, 3.05) is 0 Å². The molecule has 0 aromatic carbocycles. The van der Waals surface area contributed by atoms with Crippen molar-refractivity contribution in [3.63, 3.8) is 0 Å². The molecule has 0 radical (unpaired) electrons. The van der Waals surface area contributed by atoms with E-state index in [0.717, 1.165) is 17.7 Å². The summed E-state index contributed by atoms with van der Waals surface area (Å²) in [6.07, 6.45) is 6.80. The SMILES string of the molecule is CC1(C)CC(=O)c2ccn(-c3ncccn3)c2C1. The lowest BCUT2D eigenvalue weighted by Gasteiger charge is -2.29. The molecular weight excluding hydrogens is 226 g/mol. The molecule has 0 atom stereocenters. The molecule has 0 N–H and O–H groups in total. The van der Waals surface area contributed by atoms with Gasteiger partial charge in [0.15, 0.2) is 5.78 Å². The van der Waals surface area contributed by atoms with Crippen LogP contribution in [0, 0.1) is 5.41 Å². The van der Waals surface area contributed by atoms with Gasteiger partial charge in [0, 0.05) is 36.3 Å². The standard InChI is InChI=1S/C14H15N3O/c1-14(2)8-11-10(12(18)9-14)4-7-17(11)13-15-5-3-6-16-13/h3-7H,8-9H2,1-2H3. The molecule has 18 heavy (non-hydrogen) atoms. The Bertz CT molecular complexity index is 599. The number of ketones is 1. The van der Waals surface area contributed by atoms with Crippen LogP contribution in [0.15, 0.2) is 30.7 Å². The summed E-state index contributed by atoms with van der Waals surface area (Å²) in [5.41, 5.74) is 1.86. The Balaban J connectivity index is 2.13. The van der Waals surface area contributed by atoms with Crippen LogP contribution in [0.25, 0.3) is 5.95 Å². The molecule has 0 amide bonds. The number of fused-ring (bicyclic) bond motifs is 1. The minimum Gasteiger partial charge on any atom is -0.294 e. The largest absolute Gasteiger partial charge is 0.294 e. The molecule has 3 rings (SSSR count). The monoisotopic (exact) mass is 241 g/mol. The van der Waals surface area contributed by atoms with Crippen molar-refractivity contribution >= 4 is 5.78 Å². The van der Waals surface area contributed by atoms with Crippen molar-refractivity contribution in [2.45, 2.75) is 26.7 Å². The normalized spacial score (nSPS) is 17.6. The first kappa shape index (κ1) is 11.1. The number of carbonyl (C=O) groups is 1. The predicted octanol–water partition coefficient (Wildman–Crippen LogP) is 2.42. The van der Waals surface area contributed by atoms with Crippen LogP contribution in [0.2, 0.25) is 0 Å². The first-order chi connectivity index (χ1) is 8.57. The fraction of sp³-hybridized carbons (Fsp3) is 0.357. The Morgan fingerprint density at radius 3 is 2.67 bits per heavy atom. The molecular formula is C14H15N3O. The molecule has 1 aliphatic rings. The van der Waals surface area contributed by atoms with Gasteiger partial charge < -0.3 is 0 Å². The highest BCUT2D eigenvalue weighted by Crippen LogP contribution is 2.35. The van der Waals surface area contributed by atoms with Gasteiger partial charge in [-0.2, -0.15) is 0 Å². The van der Waals surface area contributed by atoms with Crippen molar-refractivity contribution in [1.29, 1.82) is 0 Å². The number of aromatic nitrogens is 3. The van der Waals surface area contributed by atoms with E-state index >= 15 is 0 Å². The number of carbonyl (C=O) groups excluding carboxylic acids is 1. The highest BCUT2D eigenvalue weighted by Gasteiger charge is 2.33. The second-order valence-corrected chi connectivity index (χ2v) is 5.54. The maximum atomic E-state index is 12.1. The summed E-state index contributed by atoms with van der Waals surface area (Å²) in [5, 5.41) is 0. The second kappa shape index (κ2) is 3.77. The highest BCUT2D eigenvalue weighted by molar-refractivity contribution is 5.98. The molecule has 4 heteroatoms. The van der Waals surface area contributed by atoms with Crippen LogP contribution in [0.4, 0.5) is 0 Å². The smallest absolute Gasteiger partial charge is 0.233 e. The molecule has 4 nitrogen and oxygen atoms in total. The van der Waals surface area contributed by atoms with E-state index in [1.807, 2.05) is 16.8 Å². The minimum absolute atomic E-state index is 0.00890. The fourth-order valence-corrected chi connectivity index (χ4v) is 2.55. The summed E-state index contributed by atoms with van der Waals surface area (Å²) in [5.74, 6) is 0.847. The van der Waals surface area contributed by atoms with E-state index in [4.69, 9.17) is 0 Å². The molecule has 0 saturated carbocycles. The molecule has 0 saturated heterocycles. The molecule has 0 spiro atoms. The zero-order chi connectivity index (χ0) is 12.8. The maximum absolute atomic E-state index is 12.1. The first-order valence-corrected chi connectivity index (χ1v) is 6.08. The Kier molecular flexibility index (Phi) is 2.33. The number of hydrogen-bond acceptors (Lipinski definition) is 3. The van der Waals surface area contributed by atoms with Crippen LogP contribution in [-0.4, -0.2) is 20.3 Å².